The smallest absolute Gasteiger partial charge is 0.175 e. The topological polar surface area (TPSA) is 61.0 Å². The van der Waals surface area contributed by atoms with Gasteiger partial charge in [-0.3, -0.25) is 0 Å². The lowest BCUT2D eigenvalue weighted by Gasteiger charge is -2.05. The van der Waals surface area contributed by atoms with Gasteiger partial charge in [0.15, 0.2) is 8.68 Å². The van der Waals surface area contributed by atoms with Crippen molar-refractivity contribution in [2.75, 3.05) is 18.6 Å². The van der Waals surface area contributed by atoms with Crippen LogP contribution in [0.3, 0.4) is 0 Å². The molecular weight excluding hydrogens is 298 g/mol. The highest BCUT2D eigenvalue weighted by Crippen LogP contribution is 2.27. The first-order valence-electron chi connectivity index (χ1n) is 5.74. The predicted molar refractivity (Wildman–Crippen MR) is 82.2 cm³/mol. The third-order valence-corrected chi connectivity index (χ3v) is 5.30. The van der Waals surface area contributed by atoms with Crippen molar-refractivity contribution in [1.29, 1.82) is 0 Å². The SMILES string of the molecule is CSc1nnc(SCCOc2ccc(CN)cc2)s1. The first kappa shape index (κ1) is 14.6. The molecule has 4 nitrogen and oxygen atoms in total. The summed E-state index contributed by atoms with van der Waals surface area (Å²) in [5.41, 5.74) is 6.65. The molecule has 0 spiro atoms. The van der Waals surface area contributed by atoms with Crippen LogP contribution in [-0.4, -0.2) is 28.8 Å². The largest absolute Gasteiger partial charge is 0.493 e. The molecule has 0 aliphatic carbocycles. The van der Waals surface area contributed by atoms with Gasteiger partial charge in [0.1, 0.15) is 5.75 Å². The molecule has 0 saturated heterocycles. The maximum atomic E-state index is 5.65. The summed E-state index contributed by atoms with van der Waals surface area (Å²) in [6, 6.07) is 7.86. The number of thioether (sulfide) groups is 2. The Morgan fingerprint density at radius 3 is 2.58 bits per heavy atom. The van der Waals surface area contributed by atoms with Crippen molar-refractivity contribution >= 4 is 34.9 Å². The summed E-state index contributed by atoms with van der Waals surface area (Å²) in [7, 11) is 0. The van der Waals surface area contributed by atoms with Crippen LogP contribution in [0.5, 0.6) is 5.75 Å². The molecule has 1 aromatic carbocycles. The molecule has 1 aromatic heterocycles. The van der Waals surface area contributed by atoms with E-state index < -0.39 is 0 Å². The second-order valence-electron chi connectivity index (χ2n) is 3.58. The van der Waals surface area contributed by atoms with Gasteiger partial charge in [-0.15, -0.1) is 10.2 Å². The van der Waals surface area contributed by atoms with Crippen molar-refractivity contribution in [3.05, 3.63) is 29.8 Å². The van der Waals surface area contributed by atoms with Crippen LogP contribution in [0.4, 0.5) is 0 Å². The van der Waals surface area contributed by atoms with Crippen molar-refractivity contribution in [2.24, 2.45) is 5.73 Å². The van der Waals surface area contributed by atoms with E-state index in [0.29, 0.717) is 13.2 Å². The third kappa shape index (κ3) is 4.68. The molecule has 2 aromatic rings. The van der Waals surface area contributed by atoms with Crippen molar-refractivity contribution in [3.63, 3.8) is 0 Å². The molecule has 0 radical (unpaired) electrons. The number of hydrogen-bond donors (Lipinski definition) is 1. The number of hydrogen-bond acceptors (Lipinski definition) is 7. The molecule has 19 heavy (non-hydrogen) atoms. The molecule has 0 fully saturated rings. The summed E-state index contributed by atoms with van der Waals surface area (Å²) < 4.78 is 7.64. The number of aromatic nitrogens is 2. The number of rotatable bonds is 7. The maximum absolute atomic E-state index is 5.65. The Kier molecular flexibility index (Phi) is 5.96. The second kappa shape index (κ2) is 7.74. The summed E-state index contributed by atoms with van der Waals surface area (Å²) in [6.45, 7) is 1.21. The van der Waals surface area contributed by atoms with Crippen LogP contribution in [0.25, 0.3) is 0 Å². The standard InChI is InChI=1S/C12H15N3OS3/c1-17-11-14-15-12(19-11)18-7-6-16-10-4-2-9(8-13)3-5-10/h2-5H,6-8,13H2,1H3. The fraction of sp³-hybridized carbons (Fsp3) is 0.333. The normalized spacial score (nSPS) is 10.6. The molecule has 0 aliphatic heterocycles. The lowest BCUT2D eigenvalue weighted by molar-refractivity contribution is 0.344. The van der Waals surface area contributed by atoms with E-state index in [2.05, 4.69) is 10.2 Å². The number of nitrogens with zero attached hydrogens (tertiary/aromatic N) is 2. The Morgan fingerprint density at radius 2 is 1.95 bits per heavy atom. The van der Waals surface area contributed by atoms with Crippen molar-refractivity contribution in [1.82, 2.24) is 10.2 Å². The minimum atomic E-state index is 0.560. The number of ether oxygens (including phenoxy) is 1. The molecule has 0 atom stereocenters. The summed E-state index contributed by atoms with van der Waals surface area (Å²) in [5.74, 6) is 1.74. The summed E-state index contributed by atoms with van der Waals surface area (Å²) in [6.07, 6.45) is 2.00. The molecule has 2 rings (SSSR count). The fourth-order valence-electron chi connectivity index (χ4n) is 1.35. The van der Waals surface area contributed by atoms with E-state index in [1.165, 1.54) is 0 Å². The average Bonchev–Trinajstić information content (AvgIpc) is 2.92. The van der Waals surface area contributed by atoms with Gasteiger partial charge in [0.05, 0.1) is 6.61 Å². The zero-order valence-electron chi connectivity index (χ0n) is 10.5. The first-order chi connectivity index (χ1) is 9.31. The highest BCUT2D eigenvalue weighted by atomic mass is 32.2. The van der Waals surface area contributed by atoms with Crippen LogP contribution in [0.15, 0.2) is 32.9 Å². The molecule has 2 N–H and O–H groups in total. The summed E-state index contributed by atoms with van der Waals surface area (Å²) >= 11 is 4.91. The number of benzene rings is 1. The quantitative estimate of drug-likeness (QED) is 0.626. The third-order valence-electron chi connectivity index (χ3n) is 2.30. The second-order valence-corrected chi connectivity index (χ2v) is 6.96. The Bertz CT molecular complexity index is 501. The van der Waals surface area contributed by atoms with E-state index in [1.54, 1.807) is 34.9 Å². The van der Waals surface area contributed by atoms with Gasteiger partial charge in [-0.1, -0.05) is 47.0 Å². The maximum Gasteiger partial charge on any atom is 0.175 e. The van der Waals surface area contributed by atoms with Crippen LogP contribution in [0, 0.1) is 0 Å². The van der Waals surface area contributed by atoms with E-state index in [1.807, 2.05) is 30.5 Å². The predicted octanol–water partition coefficient (Wildman–Crippen LogP) is 2.89. The lowest BCUT2D eigenvalue weighted by atomic mass is 10.2. The highest BCUT2D eigenvalue weighted by Gasteiger charge is 2.03. The monoisotopic (exact) mass is 313 g/mol. The van der Waals surface area contributed by atoms with Crippen molar-refractivity contribution in [3.8, 4) is 5.75 Å². The average molecular weight is 313 g/mol. The van der Waals surface area contributed by atoms with E-state index in [-0.39, 0.29) is 0 Å². The molecule has 0 saturated carbocycles. The van der Waals surface area contributed by atoms with E-state index >= 15 is 0 Å². The molecule has 0 unspecified atom stereocenters. The van der Waals surface area contributed by atoms with Crippen LogP contribution < -0.4 is 10.5 Å². The Labute approximate surface area is 125 Å². The Hall–Kier alpha value is -0.760. The molecule has 1 heterocycles. The molecule has 0 bridgehead atoms. The van der Waals surface area contributed by atoms with Gasteiger partial charge in [0, 0.05) is 12.3 Å². The van der Waals surface area contributed by atoms with E-state index in [0.717, 1.165) is 25.7 Å². The van der Waals surface area contributed by atoms with Crippen molar-refractivity contribution < 1.29 is 4.74 Å². The van der Waals surface area contributed by atoms with Crippen LogP contribution in [-0.2, 0) is 6.54 Å². The van der Waals surface area contributed by atoms with Crippen LogP contribution in [0.2, 0.25) is 0 Å². The molecule has 0 amide bonds. The van der Waals surface area contributed by atoms with Gasteiger partial charge >= 0.3 is 0 Å². The van der Waals surface area contributed by atoms with Gasteiger partial charge in [-0.2, -0.15) is 0 Å². The van der Waals surface area contributed by atoms with E-state index in [9.17, 15) is 0 Å². The van der Waals surface area contributed by atoms with Gasteiger partial charge in [0.25, 0.3) is 0 Å². The van der Waals surface area contributed by atoms with Gasteiger partial charge in [-0.25, -0.2) is 0 Å². The number of nitrogens with two attached hydrogens (primary N) is 1. The fourth-order valence-corrected chi connectivity index (χ4v) is 3.67. The highest BCUT2D eigenvalue weighted by molar-refractivity contribution is 8.02. The summed E-state index contributed by atoms with van der Waals surface area (Å²) in [5, 5.41) is 8.14. The molecular formula is C12H15N3OS3. The van der Waals surface area contributed by atoms with Gasteiger partial charge in [-0.05, 0) is 24.0 Å². The minimum absolute atomic E-state index is 0.560. The van der Waals surface area contributed by atoms with Gasteiger partial charge < -0.3 is 10.5 Å². The molecule has 102 valence electrons. The summed E-state index contributed by atoms with van der Waals surface area (Å²) in [4.78, 5) is 0. The van der Waals surface area contributed by atoms with Crippen LogP contribution >= 0.6 is 34.9 Å². The van der Waals surface area contributed by atoms with E-state index in [4.69, 9.17) is 10.5 Å². The Morgan fingerprint density at radius 1 is 1.21 bits per heavy atom. The molecule has 0 aliphatic rings. The zero-order valence-corrected chi connectivity index (χ0v) is 13.0. The lowest BCUT2D eigenvalue weighted by Crippen LogP contribution is -2.01. The minimum Gasteiger partial charge on any atom is -0.493 e. The zero-order chi connectivity index (χ0) is 13.5. The molecule has 7 heteroatoms. The van der Waals surface area contributed by atoms with Crippen LogP contribution in [0.1, 0.15) is 5.56 Å². The van der Waals surface area contributed by atoms with Gasteiger partial charge in [0.2, 0.25) is 0 Å². The first-order valence-corrected chi connectivity index (χ1v) is 8.76. The Balaban J connectivity index is 1.71. The van der Waals surface area contributed by atoms with Crippen molar-refractivity contribution in [2.45, 2.75) is 15.2 Å².